The smallest absolute Gasteiger partial charge is 0.0960 e. The van der Waals surface area contributed by atoms with Crippen LogP contribution in [-0.4, -0.2) is 26.8 Å². The SMILES string of the molecule is COCCNCC(C)(C)CCc1cc(C)c(Cl)s1. The first-order valence-corrected chi connectivity index (χ1v) is 7.58. The van der Waals surface area contributed by atoms with Crippen LogP contribution in [0.4, 0.5) is 0 Å². The third kappa shape index (κ3) is 5.70. The molecule has 0 atom stereocenters. The van der Waals surface area contributed by atoms with Crippen molar-refractivity contribution in [1.82, 2.24) is 5.32 Å². The van der Waals surface area contributed by atoms with Crippen LogP contribution in [0.15, 0.2) is 6.07 Å². The molecule has 0 saturated heterocycles. The van der Waals surface area contributed by atoms with Crippen LogP contribution in [0.25, 0.3) is 0 Å². The Hall–Kier alpha value is -0.0900. The summed E-state index contributed by atoms with van der Waals surface area (Å²) < 4.78 is 5.96. The Morgan fingerprint density at radius 3 is 2.72 bits per heavy atom. The third-order valence-corrected chi connectivity index (χ3v) is 4.66. The van der Waals surface area contributed by atoms with Crippen molar-refractivity contribution in [2.45, 2.75) is 33.6 Å². The number of nitrogens with one attached hydrogen (secondary N) is 1. The summed E-state index contributed by atoms with van der Waals surface area (Å²) in [6, 6.07) is 2.21. The van der Waals surface area contributed by atoms with Gasteiger partial charge >= 0.3 is 0 Å². The van der Waals surface area contributed by atoms with Crippen molar-refractivity contribution >= 4 is 22.9 Å². The van der Waals surface area contributed by atoms with E-state index in [1.807, 2.05) is 0 Å². The summed E-state index contributed by atoms with van der Waals surface area (Å²) in [7, 11) is 1.73. The summed E-state index contributed by atoms with van der Waals surface area (Å²) in [4.78, 5) is 1.39. The van der Waals surface area contributed by atoms with Gasteiger partial charge in [-0.1, -0.05) is 25.4 Å². The van der Waals surface area contributed by atoms with Gasteiger partial charge < -0.3 is 10.1 Å². The summed E-state index contributed by atoms with van der Waals surface area (Å²) in [5.41, 5.74) is 1.51. The number of thiophene rings is 1. The first kappa shape index (κ1) is 16.0. The molecule has 0 unspecified atom stereocenters. The molecule has 0 radical (unpaired) electrons. The van der Waals surface area contributed by atoms with E-state index in [2.05, 4.69) is 32.2 Å². The van der Waals surface area contributed by atoms with Gasteiger partial charge in [0.15, 0.2) is 0 Å². The average molecular weight is 290 g/mol. The van der Waals surface area contributed by atoms with Gasteiger partial charge in [-0.05, 0) is 36.8 Å². The van der Waals surface area contributed by atoms with Crippen molar-refractivity contribution in [2.75, 3.05) is 26.8 Å². The molecule has 0 aliphatic rings. The van der Waals surface area contributed by atoms with Crippen LogP contribution in [0.1, 0.15) is 30.7 Å². The van der Waals surface area contributed by atoms with E-state index in [9.17, 15) is 0 Å². The van der Waals surface area contributed by atoms with E-state index in [0.717, 1.165) is 30.5 Å². The Kier molecular flexibility index (Phi) is 6.64. The largest absolute Gasteiger partial charge is 0.383 e. The Morgan fingerprint density at radius 1 is 1.44 bits per heavy atom. The van der Waals surface area contributed by atoms with E-state index in [-0.39, 0.29) is 0 Å². The summed E-state index contributed by atoms with van der Waals surface area (Å²) in [6.45, 7) is 9.39. The van der Waals surface area contributed by atoms with Gasteiger partial charge in [-0.3, -0.25) is 0 Å². The molecule has 0 fully saturated rings. The predicted octanol–water partition coefficient (Wildman–Crippen LogP) is 3.90. The lowest BCUT2D eigenvalue weighted by Crippen LogP contribution is -2.31. The van der Waals surface area contributed by atoms with Gasteiger partial charge in [-0.15, -0.1) is 11.3 Å². The third-order valence-electron chi connectivity index (χ3n) is 3.04. The van der Waals surface area contributed by atoms with E-state index in [0.29, 0.717) is 5.41 Å². The highest BCUT2D eigenvalue weighted by Gasteiger charge is 2.17. The van der Waals surface area contributed by atoms with Crippen LogP contribution in [-0.2, 0) is 11.2 Å². The lowest BCUT2D eigenvalue weighted by molar-refractivity contribution is 0.193. The lowest BCUT2D eigenvalue weighted by Gasteiger charge is -2.24. The van der Waals surface area contributed by atoms with Crippen LogP contribution in [0.5, 0.6) is 0 Å². The maximum absolute atomic E-state index is 6.09. The molecule has 1 aromatic heterocycles. The van der Waals surface area contributed by atoms with Crippen LogP contribution >= 0.6 is 22.9 Å². The zero-order valence-electron chi connectivity index (χ0n) is 11.8. The lowest BCUT2D eigenvalue weighted by atomic mass is 9.87. The fraction of sp³-hybridized carbons (Fsp3) is 0.714. The van der Waals surface area contributed by atoms with Gasteiger partial charge in [-0.2, -0.15) is 0 Å². The van der Waals surface area contributed by atoms with Crippen LogP contribution in [0.2, 0.25) is 4.34 Å². The van der Waals surface area contributed by atoms with E-state index in [4.69, 9.17) is 16.3 Å². The second-order valence-corrected chi connectivity index (χ2v) is 7.24. The minimum atomic E-state index is 0.304. The number of methoxy groups -OCH3 is 1. The van der Waals surface area contributed by atoms with Crippen molar-refractivity contribution in [3.63, 3.8) is 0 Å². The van der Waals surface area contributed by atoms with E-state index in [1.165, 1.54) is 16.9 Å². The summed E-state index contributed by atoms with van der Waals surface area (Å²) in [5.74, 6) is 0. The zero-order chi connectivity index (χ0) is 13.6. The molecule has 0 aromatic carbocycles. The minimum absolute atomic E-state index is 0.304. The number of hydrogen-bond donors (Lipinski definition) is 1. The molecule has 0 spiro atoms. The van der Waals surface area contributed by atoms with Gasteiger partial charge in [0.1, 0.15) is 0 Å². The van der Waals surface area contributed by atoms with Crippen LogP contribution < -0.4 is 5.32 Å². The fourth-order valence-electron chi connectivity index (χ4n) is 1.80. The topological polar surface area (TPSA) is 21.3 Å². The average Bonchev–Trinajstić information content (AvgIpc) is 2.62. The summed E-state index contributed by atoms with van der Waals surface area (Å²) in [6.07, 6.45) is 2.28. The van der Waals surface area contributed by atoms with Gasteiger partial charge in [0.2, 0.25) is 0 Å². The Bertz CT molecular complexity index is 343. The number of aryl methyl sites for hydroxylation is 2. The van der Waals surface area contributed by atoms with Crippen molar-refractivity contribution in [3.05, 3.63) is 20.8 Å². The molecular formula is C14H24ClNOS. The number of halogens is 1. The Morgan fingerprint density at radius 2 is 2.17 bits per heavy atom. The molecule has 4 heteroatoms. The minimum Gasteiger partial charge on any atom is -0.383 e. The number of rotatable bonds is 8. The zero-order valence-corrected chi connectivity index (χ0v) is 13.4. The molecule has 1 aromatic rings. The van der Waals surface area contributed by atoms with Crippen molar-refractivity contribution in [3.8, 4) is 0 Å². The van der Waals surface area contributed by atoms with Crippen LogP contribution in [0.3, 0.4) is 0 Å². The number of ether oxygens (including phenoxy) is 1. The van der Waals surface area contributed by atoms with E-state index in [1.54, 1.807) is 18.4 Å². The summed E-state index contributed by atoms with van der Waals surface area (Å²) in [5, 5.41) is 3.43. The molecule has 104 valence electrons. The molecule has 1 N–H and O–H groups in total. The van der Waals surface area contributed by atoms with E-state index < -0.39 is 0 Å². The molecule has 0 amide bonds. The van der Waals surface area contributed by atoms with Gasteiger partial charge in [0.25, 0.3) is 0 Å². The molecule has 0 aliphatic heterocycles. The monoisotopic (exact) mass is 289 g/mol. The molecule has 2 nitrogen and oxygen atoms in total. The molecule has 0 saturated carbocycles. The van der Waals surface area contributed by atoms with Crippen molar-refractivity contribution in [1.29, 1.82) is 0 Å². The molecule has 0 bridgehead atoms. The molecule has 18 heavy (non-hydrogen) atoms. The second-order valence-electron chi connectivity index (χ2n) is 5.50. The predicted molar refractivity (Wildman–Crippen MR) is 80.9 cm³/mol. The van der Waals surface area contributed by atoms with Crippen LogP contribution in [0, 0.1) is 12.3 Å². The quantitative estimate of drug-likeness (QED) is 0.733. The highest BCUT2D eigenvalue weighted by atomic mass is 35.5. The number of hydrogen-bond acceptors (Lipinski definition) is 3. The highest BCUT2D eigenvalue weighted by Crippen LogP contribution is 2.30. The maximum atomic E-state index is 6.09. The normalized spacial score (nSPS) is 12.1. The van der Waals surface area contributed by atoms with Gasteiger partial charge in [0.05, 0.1) is 10.9 Å². The Labute approximate surface area is 120 Å². The second kappa shape index (κ2) is 7.49. The molecule has 1 heterocycles. The molecule has 0 aliphatic carbocycles. The van der Waals surface area contributed by atoms with Gasteiger partial charge in [-0.25, -0.2) is 0 Å². The van der Waals surface area contributed by atoms with Gasteiger partial charge in [0, 0.05) is 25.1 Å². The summed E-state index contributed by atoms with van der Waals surface area (Å²) >= 11 is 7.80. The first-order chi connectivity index (χ1) is 8.44. The maximum Gasteiger partial charge on any atom is 0.0960 e. The highest BCUT2D eigenvalue weighted by molar-refractivity contribution is 7.16. The molecular weight excluding hydrogens is 266 g/mol. The van der Waals surface area contributed by atoms with Crippen molar-refractivity contribution in [2.24, 2.45) is 5.41 Å². The Balaban J connectivity index is 2.31. The standard InChI is InChI=1S/C14H24ClNOS/c1-11-9-12(18-13(11)15)5-6-14(2,3)10-16-7-8-17-4/h9,16H,5-8,10H2,1-4H3. The fourth-order valence-corrected chi connectivity index (χ4v) is 3.04. The van der Waals surface area contributed by atoms with E-state index >= 15 is 0 Å². The molecule has 1 rings (SSSR count). The van der Waals surface area contributed by atoms with Crippen molar-refractivity contribution < 1.29 is 4.74 Å². The first-order valence-electron chi connectivity index (χ1n) is 6.39.